The lowest BCUT2D eigenvalue weighted by atomic mass is 10.1. The molecule has 0 spiro atoms. The number of aryl methyl sites for hydroxylation is 1. The molecule has 0 saturated heterocycles. The third kappa shape index (κ3) is 3.82. The maximum Gasteiger partial charge on any atom is 0.262 e. The van der Waals surface area contributed by atoms with Crippen LogP contribution in [0.2, 0.25) is 0 Å². The van der Waals surface area contributed by atoms with Crippen LogP contribution in [-0.2, 0) is 11.2 Å². The maximum atomic E-state index is 13.3. The Balaban J connectivity index is 1.87. The molecule has 3 nitrogen and oxygen atoms in total. The van der Waals surface area contributed by atoms with E-state index in [1.54, 1.807) is 12.1 Å². The van der Waals surface area contributed by atoms with E-state index in [4.69, 9.17) is 4.74 Å². The molecular weight excluding hydrogens is 257 g/mol. The Morgan fingerprint density at radius 2 is 1.85 bits per heavy atom. The first-order valence-electron chi connectivity index (χ1n) is 6.45. The molecule has 0 radical (unpaired) electrons. The number of ether oxygens (including phenoxy) is 1. The van der Waals surface area contributed by atoms with E-state index in [9.17, 15) is 9.18 Å². The summed E-state index contributed by atoms with van der Waals surface area (Å²) in [6, 6.07) is 13.6. The molecular formula is C16H16FNO2. The summed E-state index contributed by atoms with van der Waals surface area (Å²) in [6.45, 7) is 1.84. The number of nitrogens with one attached hydrogen (secondary N) is 1. The monoisotopic (exact) mass is 273 g/mol. The van der Waals surface area contributed by atoms with E-state index in [1.165, 1.54) is 17.7 Å². The van der Waals surface area contributed by atoms with Gasteiger partial charge >= 0.3 is 0 Å². The third-order valence-corrected chi connectivity index (χ3v) is 2.84. The summed E-state index contributed by atoms with van der Waals surface area (Å²) in [5, 5.41) is 2.70. The zero-order valence-electron chi connectivity index (χ0n) is 11.2. The highest BCUT2D eigenvalue weighted by molar-refractivity contribution is 5.91. The number of carbonyl (C=O) groups is 1. The van der Waals surface area contributed by atoms with Gasteiger partial charge in [0.2, 0.25) is 0 Å². The average Bonchev–Trinajstić information content (AvgIpc) is 2.47. The van der Waals surface area contributed by atoms with Gasteiger partial charge in [0, 0.05) is 5.69 Å². The summed E-state index contributed by atoms with van der Waals surface area (Å²) < 4.78 is 18.4. The van der Waals surface area contributed by atoms with Crippen molar-refractivity contribution in [2.24, 2.45) is 0 Å². The smallest absolute Gasteiger partial charge is 0.262 e. The highest BCUT2D eigenvalue weighted by Crippen LogP contribution is 2.15. The highest BCUT2D eigenvalue weighted by atomic mass is 19.1. The Morgan fingerprint density at radius 1 is 1.15 bits per heavy atom. The number of benzene rings is 2. The molecule has 0 aliphatic carbocycles. The maximum absolute atomic E-state index is 13.3. The van der Waals surface area contributed by atoms with E-state index in [-0.39, 0.29) is 18.3 Å². The molecule has 0 fully saturated rings. The van der Waals surface area contributed by atoms with Crippen LogP contribution >= 0.6 is 0 Å². The van der Waals surface area contributed by atoms with Crippen LogP contribution in [0.4, 0.5) is 10.1 Å². The Bertz CT molecular complexity index is 581. The number of hydrogen-bond donors (Lipinski definition) is 1. The average molecular weight is 273 g/mol. The van der Waals surface area contributed by atoms with Crippen LogP contribution in [0.15, 0.2) is 48.5 Å². The topological polar surface area (TPSA) is 38.3 Å². The van der Waals surface area contributed by atoms with Crippen LogP contribution in [-0.4, -0.2) is 12.5 Å². The van der Waals surface area contributed by atoms with E-state index < -0.39 is 5.82 Å². The summed E-state index contributed by atoms with van der Waals surface area (Å²) >= 11 is 0. The minimum Gasteiger partial charge on any atom is -0.481 e. The second kappa shape index (κ2) is 6.70. The Morgan fingerprint density at radius 3 is 2.50 bits per heavy atom. The van der Waals surface area contributed by atoms with E-state index in [0.717, 1.165) is 6.42 Å². The molecule has 1 amide bonds. The van der Waals surface area contributed by atoms with E-state index >= 15 is 0 Å². The molecule has 2 aromatic carbocycles. The molecule has 4 heteroatoms. The van der Waals surface area contributed by atoms with Crippen molar-refractivity contribution in [1.29, 1.82) is 0 Å². The fraction of sp³-hybridized carbons (Fsp3) is 0.188. The van der Waals surface area contributed by atoms with E-state index in [2.05, 4.69) is 12.2 Å². The van der Waals surface area contributed by atoms with Gasteiger partial charge in [-0.25, -0.2) is 4.39 Å². The van der Waals surface area contributed by atoms with Gasteiger partial charge in [0.15, 0.2) is 18.2 Å². The van der Waals surface area contributed by atoms with Crippen molar-refractivity contribution in [3.8, 4) is 5.75 Å². The Labute approximate surface area is 117 Å². The second-order valence-electron chi connectivity index (χ2n) is 4.32. The number of anilines is 1. The van der Waals surface area contributed by atoms with E-state index in [1.807, 2.05) is 24.3 Å². The molecule has 0 aliphatic rings. The SMILES string of the molecule is CCc1ccc(NC(=O)COc2ccccc2F)cc1. The number of hydrogen-bond acceptors (Lipinski definition) is 2. The molecule has 0 heterocycles. The van der Waals surface area contributed by atoms with Crippen molar-refractivity contribution in [1.82, 2.24) is 0 Å². The summed E-state index contributed by atoms with van der Waals surface area (Å²) in [5.41, 5.74) is 1.90. The molecule has 0 saturated carbocycles. The van der Waals surface area contributed by atoms with Crippen LogP contribution in [0.3, 0.4) is 0 Å². The number of halogens is 1. The number of para-hydroxylation sites is 1. The zero-order chi connectivity index (χ0) is 14.4. The summed E-state index contributed by atoms with van der Waals surface area (Å²) in [4.78, 5) is 11.7. The van der Waals surface area contributed by atoms with Crippen molar-refractivity contribution in [2.75, 3.05) is 11.9 Å². The standard InChI is InChI=1S/C16H16FNO2/c1-2-12-7-9-13(10-8-12)18-16(19)11-20-15-6-4-3-5-14(15)17/h3-10H,2,11H2,1H3,(H,18,19). The predicted molar refractivity (Wildman–Crippen MR) is 76.3 cm³/mol. The van der Waals surface area contributed by atoms with Gasteiger partial charge in [-0.05, 0) is 36.2 Å². The summed E-state index contributed by atoms with van der Waals surface area (Å²) in [5.74, 6) is -0.728. The van der Waals surface area contributed by atoms with Gasteiger partial charge in [-0.1, -0.05) is 31.2 Å². The van der Waals surface area contributed by atoms with E-state index in [0.29, 0.717) is 5.69 Å². The summed E-state index contributed by atoms with van der Waals surface area (Å²) in [7, 11) is 0. The fourth-order valence-corrected chi connectivity index (χ4v) is 1.73. The first-order valence-corrected chi connectivity index (χ1v) is 6.45. The third-order valence-electron chi connectivity index (χ3n) is 2.84. The quantitative estimate of drug-likeness (QED) is 0.906. The molecule has 0 aliphatic heterocycles. The van der Waals surface area contributed by atoms with Gasteiger partial charge in [-0.15, -0.1) is 0 Å². The largest absolute Gasteiger partial charge is 0.481 e. The lowest BCUT2D eigenvalue weighted by Gasteiger charge is -2.08. The lowest BCUT2D eigenvalue weighted by molar-refractivity contribution is -0.118. The fourth-order valence-electron chi connectivity index (χ4n) is 1.73. The van der Waals surface area contributed by atoms with Crippen molar-refractivity contribution >= 4 is 11.6 Å². The molecule has 0 aromatic heterocycles. The van der Waals surface area contributed by atoms with Crippen LogP contribution in [0, 0.1) is 5.82 Å². The van der Waals surface area contributed by atoms with Crippen molar-refractivity contribution in [3.05, 3.63) is 59.9 Å². The van der Waals surface area contributed by atoms with Gasteiger partial charge < -0.3 is 10.1 Å². The first kappa shape index (κ1) is 14.1. The van der Waals surface area contributed by atoms with Crippen LogP contribution < -0.4 is 10.1 Å². The molecule has 0 unspecified atom stereocenters. The van der Waals surface area contributed by atoms with Gasteiger partial charge in [0.1, 0.15) is 0 Å². The van der Waals surface area contributed by atoms with Gasteiger partial charge in [0.25, 0.3) is 5.91 Å². The molecule has 20 heavy (non-hydrogen) atoms. The second-order valence-corrected chi connectivity index (χ2v) is 4.32. The zero-order valence-corrected chi connectivity index (χ0v) is 11.2. The molecule has 0 bridgehead atoms. The molecule has 104 valence electrons. The van der Waals surface area contributed by atoms with Crippen LogP contribution in [0.1, 0.15) is 12.5 Å². The number of carbonyl (C=O) groups excluding carboxylic acids is 1. The van der Waals surface area contributed by atoms with Crippen molar-refractivity contribution < 1.29 is 13.9 Å². The highest BCUT2D eigenvalue weighted by Gasteiger charge is 2.06. The molecule has 0 atom stereocenters. The van der Waals surface area contributed by atoms with Crippen molar-refractivity contribution in [2.45, 2.75) is 13.3 Å². The summed E-state index contributed by atoms with van der Waals surface area (Å²) in [6.07, 6.45) is 0.949. The molecule has 2 rings (SSSR count). The Hall–Kier alpha value is -2.36. The van der Waals surface area contributed by atoms with Crippen LogP contribution in [0.5, 0.6) is 5.75 Å². The Kier molecular flexibility index (Phi) is 4.71. The van der Waals surface area contributed by atoms with Crippen LogP contribution in [0.25, 0.3) is 0 Å². The minimum absolute atomic E-state index is 0.0731. The number of amides is 1. The van der Waals surface area contributed by atoms with Gasteiger partial charge in [0.05, 0.1) is 0 Å². The van der Waals surface area contributed by atoms with Crippen molar-refractivity contribution in [3.63, 3.8) is 0 Å². The first-order chi connectivity index (χ1) is 9.69. The van der Waals surface area contributed by atoms with Gasteiger partial charge in [-0.2, -0.15) is 0 Å². The van der Waals surface area contributed by atoms with Gasteiger partial charge in [-0.3, -0.25) is 4.79 Å². The molecule has 1 N–H and O–H groups in total. The normalized spacial score (nSPS) is 10.1. The number of rotatable bonds is 5. The lowest BCUT2D eigenvalue weighted by Crippen LogP contribution is -2.20. The minimum atomic E-state index is -0.479. The molecule has 2 aromatic rings. The predicted octanol–water partition coefficient (Wildman–Crippen LogP) is 3.41.